The van der Waals surface area contributed by atoms with Crippen molar-refractivity contribution in [2.75, 3.05) is 6.61 Å². The van der Waals surface area contributed by atoms with Gasteiger partial charge in [0.25, 0.3) is 0 Å². The Morgan fingerprint density at radius 3 is 2.78 bits per heavy atom. The van der Waals surface area contributed by atoms with Crippen molar-refractivity contribution in [1.82, 2.24) is 19.7 Å². The molecule has 0 bridgehead atoms. The molecular formula is C24H23N7O4S. The van der Waals surface area contributed by atoms with Gasteiger partial charge < -0.3 is 19.3 Å². The number of aliphatic hydroxyl groups excluding tert-OH is 1. The number of benzene rings is 2. The number of ether oxygens (including phenoxy) is 3. The summed E-state index contributed by atoms with van der Waals surface area (Å²) in [6.07, 6.45) is -4.06. The third kappa shape index (κ3) is 4.03. The number of thiazole rings is 1. The fourth-order valence-corrected chi connectivity index (χ4v) is 5.62. The maximum Gasteiger partial charge on any atom is 0.184 e. The maximum atomic E-state index is 11.4. The number of nitrogens with zero attached hydrogens (tertiary/aromatic N) is 7. The summed E-state index contributed by atoms with van der Waals surface area (Å²) in [7, 11) is 0. The Labute approximate surface area is 209 Å². The Balaban J connectivity index is 1.34. The molecule has 6 atom stereocenters. The second-order valence-electron chi connectivity index (χ2n) is 8.77. The molecule has 12 heteroatoms. The predicted octanol–water partition coefficient (Wildman–Crippen LogP) is 4.09. The van der Waals surface area contributed by atoms with Crippen molar-refractivity contribution >= 4 is 21.6 Å². The fraction of sp³-hybridized carbons (Fsp3) is 0.375. The Morgan fingerprint density at radius 2 is 1.97 bits per heavy atom. The third-order valence-electron chi connectivity index (χ3n) is 6.35. The van der Waals surface area contributed by atoms with Gasteiger partial charge >= 0.3 is 0 Å². The number of aryl methyl sites for hydroxylation is 2. The standard InChI is InChI=1S/C24H23N7O4S/c1-12-26-23(31(29-12)15-8-9-16-18(10-15)36-13(2)27-16)22-20(32)19(28-30-25)21-17(34-22)11-33-24(35-21)14-6-4-3-5-7-14/h3-10,17,19-22,24,32H,11H2,1-2H3/t17?,19-,20?,21+,22-,24?/m1/s1. The zero-order valence-electron chi connectivity index (χ0n) is 19.5. The van der Waals surface area contributed by atoms with Crippen LogP contribution >= 0.6 is 11.3 Å². The lowest BCUT2D eigenvalue weighted by molar-refractivity contribution is -0.309. The van der Waals surface area contributed by atoms with E-state index in [1.54, 1.807) is 22.9 Å². The minimum atomic E-state index is -1.21. The van der Waals surface area contributed by atoms with Crippen molar-refractivity contribution in [2.24, 2.45) is 5.11 Å². The van der Waals surface area contributed by atoms with Crippen LogP contribution in [0.5, 0.6) is 0 Å². The van der Waals surface area contributed by atoms with Gasteiger partial charge in [0.1, 0.15) is 24.1 Å². The van der Waals surface area contributed by atoms with Crippen LogP contribution in [0.4, 0.5) is 0 Å². The summed E-state index contributed by atoms with van der Waals surface area (Å²) < 4.78 is 21.1. The molecule has 6 rings (SSSR count). The van der Waals surface area contributed by atoms with Crippen LogP contribution in [0.25, 0.3) is 26.3 Å². The number of hydrogen-bond acceptors (Lipinski definition) is 9. The van der Waals surface area contributed by atoms with E-state index in [9.17, 15) is 10.6 Å². The number of hydrogen-bond donors (Lipinski definition) is 1. The largest absolute Gasteiger partial charge is 0.389 e. The fourth-order valence-electron chi connectivity index (χ4n) is 4.76. The van der Waals surface area contributed by atoms with E-state index in [-0.39, 0.29) is 6.61 Å². The van der Waals surface area contributed by atoms with Gasteiger partial charge in [0.05, 0.1) is 39.7 Å². The Morgan fingerprint density at radius 1 is 1.14 bits per heavy atom. The SMILES string of the molecule is Cc1nc([C@@H]2OC3COC(c4ccccc4)O[C@@H]3[C@H](N=[N+]=[N-])C2O)n(-c2ccc3nc(C)sc3c2)n1. The average molecular weight is 506 g/mol. The predicted molar refractivity (Wildman–Crippen MR) is 131 cm³/mol. The van der Waals surface area contributed by atoms with E-state index in [0.29, 0.717) is 11.6 Å². The molecule has 2 fully saturated rings. The van der Waals surface area contributed by atoms with Crippen molar-refractivity contribution in [3.05, 3.63) is 81.2 Å². The summed E-state index contributed by atoms with van der Waals surface area (Å²) in [6.45, 7) is 3.93. The number of azide groups is 1. The molecule has 1 N–H and O–H groups in total. The quantitative estimate of drug-likeness (QED) is 0.250. The van der Waals surface area contributed by atoms with Crippen LogP contribution in [0, 0.1) is 13.8 Å². The van der Waals surface area contributed by atoms with E-state index in [1.165, 1.54) is 0 Å². The highest BCUT2D eigenvalue weighted by Crippen LogP contribution is 2.40. The van der Waals surface area contributed by atoms with E-state index >= 15 is 0 Å². The Bertz CT molecular complexity index is 1450. The van der Waals surface area contributed by atoms with Crippen LogP contribution < -0.4 is 0 Å². The summed E-state index contributed by atoms with van der Waals surface area (Å²) in [5.74, 6) is 0.923. The normalized spacial score (nSPS) is 28.0. The molecule has 36 heavy (non-hydrogen) atoms. The number of aliphatic hydroxyl groups is 1. The van der Waals surface area contributed by atoms with E-state index in [4.69, 9.17) is 14.2 Å². The summed E-state index contributed by atoms with van der Waals surface area (Å²) >= 11 is 1.59. The van der Waals surface area contributed by atoms with Gasteiger partial charge in [-0.1, -0.05) is 35.4 Å². The zero-order valence-corrected chi connectivity index (χ0v) is 20.3. The first-order valence-corrected chi connectivity index (χ1v) is 12.3. The van der Waals surface area contributed by atoms with Crippen molar-refractivity contribution < 1.29 is 19.3 Å². The second kappa shape index (κ2) is 9.25. The molecule has 0 amide bonds. The molecule has 184 valence electrons. The Hall–Kier alpha value is -3.38. The molecule has 0 radical (unpaired) electrons. The highest BCUT2D eigenvalue weighted by Gasteiger charge is 2.51. The lowest BCUT2D eigenvalue weighted by atomic mass is 9.91. The summed E-state index contributed by atoms with van der Waals surface area (Å²) in [5, 5.41) is 20.8. The molecule has 11 nitrogen and oxygen atoms in total. The van der Waals surface area contributed by atoms with Gasteiger partial charge in [-0.05, 0) is 37.6 Å². The molecule has 0 saturated carbocycles. The minimum absolute atomic E-state index is 0.199. The first-order chi connectivity index (χ1) is 17.5. The third-order valence-corrected chi connectivity index (χ3v) is 7.28. The first kappa shape index (κ1) is 23.0. The van der Waals surface area contributed by atoms with Crippen LogP contribution in [0.15, 0.2) is 53.6 Å². The number of aromatic nitrogens is 4. The van der Waals surface area contributed by atoms with Gasteiger partial charge in [0.2, 0.25) is 0 Å². The summed E-state index contributed by atoms with van der Waals surface area (Å²) in [6, 6.07) is 14.4. The van der Waals surface area contributed by atoms with E-state index in [1.807, 2.05) is 55.5 Å². The molecule has 2 saturated heterocycles. The van der Waals surface area contributed by atoms with Gasteiger partial charge in [0, 0.05) is 10.5 Å². The van der Waals surface area contributed by atoms with Gasteiger partial charge in [-0.2, -0.15) is 5.10 Å². The molecule has 4 aromatic rings. The molecule has 2 aliphatic rings. The van der Waals surface area contributed by atoms with Gasteiger partial charge in [-0.3, -0.25) is 0 Å². The number of fused-ring (bicyclic) bond motifs is 2. The van der Waals surface area contributed by atoms with Crippen LogP contribution in [-0.2, 0) is 14.2 Å². The van der Waals surface area contributed by atoms with Crippen LogP contribution in [0.1, 0.15) is 34.6 Å². The molecule has 2 aromatic carbocycles. The van der Waals surface area contributed by atoms with Crippen molar-refractivity contribution in [3.8, 4) is 5.69 Å². The van der Waals surface area contributed by atoms with E-state index < -0.39 is 36.7 Å². The summed E-state index contributed by atoms with van der Waals surface area (Å²) in [5.41, 5.74) is 11.8. The highest BCUT2D eigenvalue weighted by molar-refractivity contribution is 7.18. The molecule has 3 unspecified atom stereocenters. The van der Waals surface area contributed by atoms with E-state index in [2.05, 4.69) is 25.1 Å². The average Bonchev–Trinajstić information content (AvgIpc) is 3.46. The minimum Gasteiger partial charge on any atom is -0.389 e. The molecular weight excluding hydrogens is 482 g/mol. The molecule has 4 heterocycles. The van der Waals surface area contributed by atoms with E-state index in [0.717, 1.165) is 26.5 Å². The number of rotatable bonds is 4. The van der Waals surface area contributed by atoms with Crippen molar-refractivity contribution in [1.29, 1.82) is 0 Å². The highest BCUT2D eigenvalue weighted by atomic mass is 32.1. The molecule has 0 aliphatic carbocycles. The van der Waals surface area contributed by atoms with Crippen molar-refractivity contribution in [2.45, 2.75) is 50.6 Å². The van der Waals surface area contributed by atoms with Crippen LogP contribution in [0.3, 0.4) is 0 Å². The van der Waals surface area contributed by atoms with Gasteiger partial charge in [-0.15, -0.1) is 11.3 Å². The van der Waals surface area contributed by atoms with Gasteiger partial charge in [-0.25, -0.2) is 14.6 Å². The Kier molecular flexibility index (Phi) is 5.92. The monoisotopic (exact) mass is 505 g/mol. The maximum absolute atomic E-state index is 11.4. The van der Waals surface area contributed by atoms with Gasteiger partial charge in [0.15, 0.2) is 12.1 Å². The lowest BCUT2D eigenvalue weighted by Gasteiger charge is -2.46. The molecule has 0 spiro atoms. The van der Waals surface area contributed by atoms with Crippen LogP contribution in [-0.4, -0.2) is 55.8 Å². The lowest BCUT2D eigenvalue weighted by Crippen LogP contribution is -2.58. The zero-order chi connectivity index (χ0) is 24.8. The first-order valence-electron chi connectivity index (χ1n) is 11.5. The topological polar surface area (TPSA) is 140 Å². The molecule has 2 aliphatic heterocycles. The van der Waals surface area contributed by atoms with Crippen molar-refractivity contribution in [3.63, 3.8) is 0 Å². The molecule has 2 aromatic heterocycles. The van der Waals surface area contributed by atoms with Crippen LogP contribution in [0.2, 0.25) is 0 Å². The second-order valence-corrected chi connectivity index (χ2v) is 10.0. The smallest absolute Gasteiger partial charge is 0.184 e. The summed E-state index contributed by atoms with van der Waals surface area (Å²) in [4.78, 5) is 12.1.